The molecule has 1 heterocycles. The molecule has 1 aliphatic heterocycles. The van der Waals surface area contributed by atoms with Crippen molar-refractivity contribution >= 4 is 52.2 Å². The van der Waals surface area contributed by atoms with Crippen LogP contribution in [0.4, 0.5) is 0 Å². The zero-order chi connectivity index (χ0) is 22.3. The fraction of sp³-hybridized carbons (Fsp3) is 0.364. The molecule has 1 atom stereocenters. The predicted molar refractivity (Wildman–Crippen MR) is 124 cm³/mol. The van der Waals surface area contributed by atoms with Gasteiger partial charge in [0.1, 0.15) is 10.4 Å². The van der Waals surface area contributed by atoms with Crippen molar-refractivity contribution in [2.24, 2.45) is 5.92 Å². The summed E-state index contributed by atoms with van der Waals surface area (Å²) in [5.41, 5.74) is 1.95. The highest BCUT2D eigenvalue weighted by Gasteiger charge is 2.32. The fourth-order valence-corrected chi connectivity index (χ4v) is 4.28. The number of allylic oxidation sites excluding steroid dienone is 2. The fourth-order valence-electron chi connectivity index (χ4n) is 2.93. The molecule has 0 bridgehead atoms. The Labute approximate surface area is 186 Å². The minimum atomic E-state index is -1.06. The molecule has 2 rings (SSSR count). The van der Waals surface area contributed by atoms with E-state index in [0.717, 1.165) is 11.1 Å². The van der Waals surface area contributed by atoms with Gasteiger partial charge in [0.25, 0.3) is 5.91 Å². The van der Waals surface area contributed by atoms with Crippen molar-refractivity contribution in [2.45, 2.75) is 39.7 Å². The number of nitrogens with zero attached hydrogens (tertiary/aromatic N) is 1. The first-order valence-corrected chi connectivity index (χ1v) is 10.9. The van der Waals surface area contributed by atoms with Gasteiger partial charge in [0.2, 0.25) is 5.91 Å². The summed E-state index contributed by atoms with van der Waals surface area (Å²) in [6.07, 6.45) is 4.09. The van der Waals surface area contributed by atoms with E-state index in [1.54, 1.807) is 6.08 Å². The second kappa shape index (κ2) is 11.1. The van der Waals surface area contributed by atoms with Gasteiger partial charge in [0.05, 0.1) is 4.91 Å². The van der Waals surface area contributed by atoms with E-state index in [1.807, 2.05) is 57.2 Å². The van der Waals surface area contributed by atoms with Gasteiger partial charge in [-0.05, 0) is 36.5 Å². The molecule has 30 heavy (non-hydrogen) atoms. The van der Waals surface area contributed by atoms with Crippen molar-refractivity contribution in [3.63, 3.8) is 0 Å². The highest BCUT2D eigenvalue weighted by atomic mass is 32.2. The van der Waals surface area contributed by atoms with E-state index in [9.17, 15) is 19.5 Å². The minimum Gasteiger partial charge on any atom is -0.480 e. The number of hydrogen-bond acceptors (Lipinski definition) is 5. The van der Waals surface area contributed by atoms with Gasteiger partial charge >= 0.3 is 5.97 Å². The van der Waals surface area contributed by atoms with Crippen LogP contribution in [-0.4, -0.2) is 44.7 Å². The third-order valence-electron chi connectivity index (χ3n) is 4.33. The van der Waals surface area contributed by atoms with Crippen LogP contribution in [0.5, 0.6) is 0 Å². The second-order valence-corrected chi connectivity index (χ2v) is 9.15. The summed E-state index contributed by atoms with van der Waals surface area (Å²) < 4.78 is 0.392. The maximum absolute atomic E-state index is 12.7. The Morgan fingerprint density at radius 3 is 2.53 bits per heavy atom. The highest BCUT2D eigenvalue weighted by molar-refractivity contribution is 8.26. The smallest absolute Gasteiger partial charge is 0.326 e. The molecule has 2 N–H and O–H groups in total. The summed E-state index contributed by atoms with van der Waals surface area (Å²) in [7, 11) is 0. The molecule has 1 aromatic rings. The first-order valence-electron chi connectivity index (χ1n) is 9.68. The Morgan fingerprint density at radius 2 is 1.93 bits per heavy atom. The number of carbonyl (C=O) groups is 3. The topological polar surface area (TPSA) is 86.7 Å². The lowest BCUT2D eigenvalue weighted by Gasteiger charge is -2.18. The largest absolute Gasteiger partial charge is 0.480 e. The van der Waals surface area contributed by atoms with Crippen molar-refractivity contribution < 1.29 is 19.5 Å². The molecule has 0 aromatic heterocycles. The molecule has 8 heteroatoms. The van der Waals surface area contributed by atoms with Gasteiger partial charge in [-0.3, -0.25) is 14.5 Å². The van der Waals surface area contributed by atoms with E-state index in [2.05, 4.69) is 5.32 Å². The van der Waals surface area contributed by atoms with E-state index >= 15 is 0 Å². The number of amides is 2. The van der Waals surface area contributed by atoms with E-state index in [1.165, 1.54) is 16.7 Å². The highest BCUT2D eigenvalue weighted by Crippen LogP contribution is 2.32. The third kappa shape index (κ3) is 7.11. The number of carboxylic acids is 1. The number of carboxylic acid groups (broad SMARTS) is 1. The molecule has 1 saturated heterocycles. The summed E-state index contributed by atoms with van der Waals surface area (Å²) in [4.78, 5) is 38.1. The molecule has 0 aliphatic carbocycles. The van der Waals surface area contributed by atoms with Gasteiger partial charge in [-0.25, -0.2) is 4.79 Å². The minimum absolute atomic E-state index is 0.0135. The summed E-state index contributed by atoms with van der Waals surface area (Å²) >= 11 is 6.50. The monoisotopic (exact) mass is 446 g/mol. The SMILES string of the molecule is CC(=C/c1ccccc1)/C=C1/SC(=S)N(CCC(=O)NC(CC(C)C)C(=O)O)C1=O. The number of hydrogen-bond donors (Lipinski definition) is 2. The molecule has 0 saturated carbocycles. The Bertz CT molecular complexity index is 878. The van der Waals surface area contributed by atoms with Crippen molar-refractivity contribution in [1.29, 1.82) is 0 Å². The lowest BCUT2D eigenvalue weighted by molar-refractivity contribution is -0.142. The zero-order valence-electron chi connectivity index (χ0n) is 17.3. The van der Waals surface area contributed by atoms with Gasteiger partial charge in [0, 0.05) is 13.0 Å². The van der Waals surface area contributed by atoms with Gasteiger partial charge < -0.3 is 10.4 Å². The summed E-state index contributed by atoms with van der Waals surface area (Å²) in [6.45, 7) is 5.81. The molecule has 2 amide bonds. The number of nitrogens with one attached hydrogen (secondary N) is 1. The van der Waals surface area contributed by atoms with Crippen LogP contribution in [0.3, 0.4) is 0 Å². The van der Waals surface area contributed by atoms with Crippen LogP contribution in [0.25, 0.3) is 6.08 Å². The predicted octanol–water partition coefficient (Wildman–Crippen LogP) is 3.84. The molecular weight excluding hydrogens is 420 g/mol. The lowest BCUT2D eigenvalue weighted by atomic mass is 10.0. The zero-order valence-corrected chi connectivity index (χ0v) is 18.9. The van der Waals surface area contributed by atoms with E-state index in [-0.39, 0.29) is 24.8 Å². The van der Waals surface area contributed by atoms with Crippen LogP contribution in [0, 0.1) is 5.92 Å². The maximum Gasteiger partial charge on any atom is 0.326 e. The number of benzene rings is 1. The third-order valence-corrected chi connectivity index (χ3v) is 5.71. The molecule has 160 valence electrons. The molecule has 0 radical (unpaired) electrons. The summed E-state index contributed by atoms with van der Waals surface area (Å²) in [5.74, 6) is -1.58. The van der Waals surface area contributed by atoms with Crippen molar-refractivity contribution in [3.05, 3.63) is 52.4 Å². The molecule has 0 spiro atoms. The Hall–Kier alpha value is -2.45. The van der Waals surface area contributed by atoms with E-state index in [0.29, 0.717) is 15.6 Å². The lowest BCUT2D eigenvalue weighted by Crippen LogP contribution is -2.43. The number of carbonyl (C=O) groups excluding carboxylic acids is 2. The first kappa shape index (κ1) is 23.8. The Balaban J connectivity index is 1.97. The number of aliphatic carboxylic acids is 1. The Kier molecular flexibility index (Phi) is 8.80. The summed E-state index contributed by atoms with van der Waals surface area (Å²) in [5, 5.41) is 11.8. The second-order valence-electron chi connectivity index (χ2n) is 7.47. The normalized spacial score (nSPS) is 17.0. The number of rotatable bonds is 9. The molecule has 1 unspecified atom stereocenters. The van der Waals surface area contributed by atoms with Gasteiger partial charge in [-0.15, -0.1) is 0 Å². The first-order chi connectivity index (χ1) is 14.2. The average molecular weight is 447 g/mol. The molecular formula is C22H26N2O4S2. The standard InChI is InChI=1S/C22H26N2O4S2/c1-14(2)11-17(21(27)28)23-19(25)9-10-24-20(26)18(30-22(24)29)13-15(3)12-16-7-5-4-6-8-16/h4-8,12-14,17H,9-11H2,1-3H3,(H,23,25)(H,27,28)/b15-12-,18-13+. The molecule has 1 aliphatic rings. The summed E-state index contributed by atoms with van der Waals surface area (Å²) in [6, 6.07) is 8.85. The van der Waals surface area contributed by atoms with Gasteiger partial charge in [0.15, 0.2) is 0 Å². The van der Waals surface area contributed by atoms with Crippen LogP contribution in [0.2, 0.25) is 0 Å². The quantitative estimate of drug-likeness (QED) is 0.443. The van der Waals surface area contributed by atoms with E-state index < -0.39 is 17.9 Å². The van der Waals surface area contributed by atoms with Gasteiger partial charge in [-0.1, -0.05) is 74.2 Å². The van der Waals surface area contributed by atoms with Gasteiger partial charge in [-0.2, -0.15) is 0 Å². The van der Waals surface area contributed by atoms with Crippen LogP contribution in [0.1, 0.15) is 39.2 Å². The van der Waals surface area contributed by atoms with Crippen LogP contribution in [-0.2, 0) is 14.4 Å². The van der Waals surface area contributed by atoms with Crippen molar-refractivity contribution in [3.8, 4) is 0 Å². The molecule has 1 fully saturated rings. The van der Waals surface area contributed by atoms with Crippen molar-refractivity contribution in [1.82, 2.24) is 10.2 Å². The Morgan fingerprint density at radius 1 is 1.27 bits per heavy atom. The number of thioether (sulfide) groups is 1. The number of thiocarbonyl (C=S) groups is 1. The van der Waals surface area contributed by atoms with E-state index in [4.69, 9.17) is 12.2 Å². The average Bonchev–Trinajstić information content (AvgIpc) is 2.92. The van der Waals surface area contributed by atoms with Crippen LogP contribution in [0.15, 0.2) is 46.9 Å². The van der Waals surface area contributed by atoms with Crippen molar-refractivity contribution in [2.75, 3.05) is 6.54 Å². The molecule has 1 aromatic carbocycles. The van der Waals surface area contributed by atoms with Crippen LogP contribution >= 0.6 is 24.0 Å². The van der Waals surface area contributed by atoms with Crippen LogP contribution < -0.4 is 5.32 Å². The maximum atomic E-state index is 12.7. The molecule has 6 nitrogen and oxygen atoms in total.